The smallest absolute Gasteiger partial charge is 0.329 e. The lowest BCUT2D eigenvalue weighted by Crippen LogP contribution is -2.53. The molecular weight excluding hydrogens is 947 g/mol. The van der Waals surface area contributed by atoms with E-state index in [1.807, 2.05) is 51.1 Å². The average Bonchev–Trinajstić information content (AvgIpc) is 3.29. The summed E-state index contributed by atoms with van der Waals surface area (Å²) < 4.78 is 22.4. The Morgan fingerprint density at radius 2 is 1.12 bits per heavy atom. The maximum Gasteiger partial charge on any atom is 0.329 e. The van der Waals surface area contributed by atoms with Crippen LogP contribution in [0, 0.1) is 11.3 Å². The number of amides is 5. The van der Waals surface area contributed by atoms with Gasteiger partial charge in [-0.05, 0) is 135 Å². The molecule has 3 aromatic rings. The molecule has 17 heteroatoms. The molecule has 17 nitrogen and oxygen atoms in total. The number of carbonyl (C=O) groups is 8. The molecule has 5 N–H and O–H groups in total. The van der Waals surface area contributed by atoms with Gasteiger partial charge in [-0.25, -0.2) is 9.59 Å². The minimum atomic E-state index is -1.10. The summed E-state index contributed by atoms with van der Waals surface area (Å²) in [4.78, 5) is 105. The number of unbranched alkanes of at least 4 members (excludes halogenated alkanes) is 1. The van der Waals surface area contributed by atoms with Crippen molar-refractivity contribution in [2.45, 2.75) is 169 Å². The molecule has 0 radical (unpaired) electrons. The second-order valence-corrected chi connectivity index (χ2v) is 22.5. The molecule has 3 rings (SSSR count). The van der Waals surface area contributed by atoms with Crippen molar-refractivity contribution in [2.75, 3.05) is 19.7 Å². The van der Waals surface area contributed by atoms with E-state index in [4.69, 9.17) is 18.9 Å². The van der Waals surface area contributed by atoms with Crippen molar-refractivity contribution in [3.05, 3.63) is 102 Å². The first-order chi connectivity index (χ1) is 34.5. The van der Waals surface area contributed by atoms with E-state index in [0.717, 1.165) is 5.56 Å². The van der Waals surface area contributed by atoms with Gasteiger partial charge in [0, 0.05) is 37.4 Å². The number of esters is 3. The van der Waals surface area contributed by atoms with Gasteiger partial charge in [-0.3, -0.25) is 28.8 Å². The zero-order chi connectivity index (χ0) is 55.3. The molecule has 0 heterocycles. The molecule has 0 fully saturated rings. The number of benzene rings is 3. The fourth-order valence-corrected chi connectivity index (χ4v) is 7.46. The van der Waals surface area contributed by atoms with E-state index in [1.54, 1.807) is 117 Å². The van der Waals surface area contributed by atoms with Crippen LogP contribution in [0.4, 0.5) is 4.79 Å². The van der Waals surface area contributed by atoms with Crippen molar-refractivity contribution >= 4 is 47.4 Å². The van der Waals surface area contributed by atoms with Crippen LogP contribution in [0.5, 0.6) is 5.75 Å². The van der Waals surface area contributed by atoms with Crippen molar-refractivity contribution in [1.29, 1.82) is 0 Å². The molecule has 0 saturated heterocycles. The minimum Gasteiger partial charge on any atom is -0.484 e. The third kappa shape index (κ3) is 25.2. The second kappa shape index (κ2) is 28.6. The summed E-state index contributed by atoms with van der Waals surface area (Å²) in [6.07, 6.45) is 1.85. The molecule has 5 amide bonds. The van der Waals surface area contributed by atoms with Crippen molar-refractivity contribution in [3.63, 3.8) is 0 Å². The molecule has 0 bridgehead atoms. The summed E-state index contributed by atoms with van der Waals surface area (Å²) in [6.45, 7) is 21.2. The number of rotatable bonds is 26. The van der Waals surface area contributed by atoms with Gasteiger partial charge in [0.2, 0.25) is 5.91 Å². The van der Waals surface area contributed by atoms with Gasteiger partial charge in [0.25, 0.3) is 11.8 Å². The maximum absolute atomic E-state index is 13.6. The van der Waals surface area contributed by atoms with E-state index in [2.05, 4.69) is 26.6 Å². The largest absolute Gasteiger partial charge is 0.484 e. The quantitative estimate of drug-likeness (QED) is 0.0299. The van der Waals surface area contributed by atoms with E-state index in [9.17, 15) is 38.4 Å². The Morgan fingerprint density at radius 1 is 0.554 bits per heavy atom. The molecule has 0 aliphatic heterocycles. The third-order valence-corrected chi connectivity index (χ3v) is 11.0. The van der Waals surface area contributed by atoms with Crippen LogP contribution in [0.1, 0.15) is 143 Å². The molecule has 3 aromatic carbocycles. The Morgan fingerprint density at radius 3 is 1.70 bits per heavy atom. The normalized spacial score (nSPS) is 13.4. The maximum atomic E-state index is 13.6. The predicted octanol–water partition coefficient (Wildman–Crippen LogP) is 7.52. The Balaban J connectivity index is 1.57. The lowest BCUT2D eigenvalue weighted by Gasteiger charge is -2.32. The third-order valence-electron chi connectivity index (χ3n) is 11.0. The highest BCUT2D eigenvalue weighted by Gasteiger charge is 2.32. The number of urea groups is 1. The van der Waals surface area contributed by atoms with Gasteiger partial charge in [-0.15, -0.1) is 0 Å². The van der Waals surface area contributed by atoms with Crippen molar-refractivity contribution < 1.29 is 57.3 Å². The summed E-state index contributed by atoms with van der Waals surface area (Å²) in [5, 5.41) is 14.1. The van der Waals surface area contributed by atoms with Gasteiger partial charge in [0.1, 0.15) is 34.6 Å². The Labute approximate surface area is 437 Å². The van der Waals surface area contributed by atoms with Gasteiger partial charge < -0.3 is 45.5 Å². The number of nitrogens with one attached hydrogen (secondary N) is 5. The van der Waals surface area contributed by atoms with Crippen LogP contribution >= 0.6 is 0 Å². The van der Waals surface area contributed by atoms with Gasteiger partial charge in [0.05, 0.1) is 12.5 Å². The monoisotopic (exact) mass is 1030 g/mol. The van der Waals surface area contributed by atoms with Crippen molar-refractivity contribution in [1.82, 2.24) is 26.6 Å². The number of ether oxygens (including phenoxy) is 4. The van der Waals surface area contributed by atoms with E-state index < -0.39 is 77.2 Å². The standard InChI is InChI=1S/C57H81N5O12/c1-54(2,3)46(62-53(70)61-44(52(69)74-57(10,11)12)30-31-48(65)72-55(4,5)6)25-19-20-32-58-50(67)45(34-38-21-15-13-16-22-38)60-47(64)37-71-43-28-26-39(27-29-43)33-41(51(68)73-56(7,8)9)35-42(63)36-59-49(66)40-23-17-14-18-24-40/h13-18,21-24,26-29,41,44-46H,19-20,25,30-37H2,1-12H3,(H,58,67)(H,59,66)(H,60,64)(H2,61,62,70)/t41-,44+,45+,46+/m1/s1. The molecule has 0 unspecified atom stereocenters. The molecule has 406 valence electrons. The second-order valence-electron chi connectivity index (χ2n) is 22.5. The Kier molecular flexibility index (Phi) is 23.8. The zero-order valence-corrected chi connectivity index (χ0v) is 45.6. The molecule has 0 spiro atoms. The molecule has 0 aliphatic rings. The van der Waals surface area contributed by atoms with E-state index >= 15 is 0 Å². The van der Waals surface area contributed by atoms with Crippen LogP contribution in [-0.4, -0.2) is 102 Å². The summed E-state index contributed by atoms with van der Waals surface area (Å²) >= 11 is 0. The summed E-state index contributed by atoms with van der Waals surface area (Å²) in [5.74, 6) is -3.81. The van der Waals surface area contributed by atoms with E-state index in [1.165, 1.54) is 0 Å². The first-order valence-electron chi connectivity index (χ1n) is 25.4. The molecule has 0 aliphatic carbocycles. The highest BCUT2D eigenvalue weighted by molar-refractivity contribution is 5.97. The van der Waals surface area contributed by atoms with Crippen LogP contribution in [0.15, 0.2) is 84.9 Å². The summed E-state index contributed by atoms with van der Waals surface area (Å²) in [6, 6.07) is 21.6. The van der Waals surface area contributed by atoms with Crippen molar-refractivity contribution in [3.8, 4) is 5.75 Å². The average molecular weight is 1030 g/mol. The first-order valence-corrected chi connectivity index (χ1v) is 25.4. The Bertz CT molecular complexity index is 2310. The predicted molar refractivity (Wildman–Crippen MR) is 282 cm³/mol. The Hall–Kier alpha value is -6.78. The minimum absolute atomic E-state index is 0.0155. The van der Waals surface area contributed by atoms with Crippen LogP contribution in [0.2, 0.25) is 0 Å². The highest BCUT2D eigenvalue weighted by atomic mass is 16.6. The molecular formula is C57H81N5O12. The summed E-state index contributed by atoms with van der Waals surface area (Å²) in [7, 11) is 0. The molecule has 0 saturated carbocycles. The fourth-order valence-electron chi connectivity index (χ4n) is 7.46. The van der Waals surface area contributed by atoms with Gasteiger partial charge >= 0.3 is 23.9 Å². The highest BCUT2D eigenvalue weighted by Crippen LogP contribution is 2.25. The number of hydrogen-bond acceptors (Lipinski definition) is 12. The van der Waals surface area contributed by atoms with Crippen LogP contribution in [0.25, 0.3) is 0 Å². The lowest BCUT2D eigenvalue weighted by molar-refractivity contribution is -0.161. The first kappa shape index (κ1) is 61.5. The number of carbonyl (C=O) groups excluding carboxylic acids is 8. The van der Waals surface area contributed by atoms with Gasteiger partial charge in [0.15, 0.2) is 12.4 Å². The van der Waals surface area contributed by atoms with Gasteiger partial charge in [-0.2, -0.15) is 0 Å². The molecule has 0 aromatic heterocycles. The van der Waals surface area contributed by atoms with Crippen molar-refractivity contribution in [2.24, 2.45) is 11.3 Å². The number of hydrogen-bond donors (Lipinski definition) is 5. The number of Topliss-reactive ketones (excluding diaryl/α,β-unsaturated/α-hetero) is 1. The van der Waals surface area contributed by atoms with Crippen LogP contribution < -0.4 is 31.3 Å². The SMILES string of the molecule is CC(C)(C)OC(=O)CC[C@H](NC(=O)N[C@@H](CCCCNC(=O)[C@H](Cc1ccccc1)NC(=O)COc1ccc(C[C@H](CC(=O)CNC(=O)c2ccccc2)C(=O)OC(C)(C)C)cc1)C(C)(C)C)C(=O)OC(C)(C)C. The molecule has 4 atom stereocenters. The lowest BCUT2D eigenvalue weighted by atomic mass is 9.84. The number of ketones is 1. The van der Waals surface area contributed by atoms with Gasteiger partial charge in [-0.1, -0.05) is 81.4 Å². The van der Waals surface area contributed by atoms with Crippen LogP contribution in [-0.2, 0) is 55.8 Å². The van der Waals surface area contributed by atoms with E-state index in [0.29, 0.717) is 42.7 Å². The molecule has 74 heavy (non-hydrogen) atoms. The summed E-state index contributed by atoms with van der Waals surface area (Å²) in [5.41, 5.74) is -0.732. The fraction of sp³-hybridized carbons (Fsp3) is 0.544. The van der Waals surface area contributed by atoms with E-state index in [-0.39, 0.29) is 61.8 Å². The van der Waals surface area contributed by atoms with Crippen LogP contribution in [0.3, 0.4) is 0 Å². The topological polar surface area (TPSA) is 234 Å². The zero-order valence-electron chi connectivity index (χ0n) is 45.6.